The van der Waals surface area contributed by atoms with Gasteiger partial charge in [0, 0.05) is 21.3 Å². The van der Waals surface area contributed by atoms with E-state index >= 15 is 0 Å². The summed E-state index contributed by atoms with van der Waals surface area (Å²) >= 11 is 9.31. The number of halogens is 1. The Labute approximate surface area is 187 Å². The fourth-order valence-corrected chi connectivity index (χ4v) is 5.07. The van der Waals surface area contributed by atoms with Crippen molar-refractivity contribution >= 4 is 46.6 Å². The summed E-state index contributed by atoms with van der Waals surface area (Å²) in [4.78, 5) is 18.4. The number of allylic oxidation sites excluding steroid dienone is 1. The lowest BCUT2D eigenvalue weighted by Gasteiger charge is -2.27. The number of esters is 1. The molecule has 1 atom stereocenters. The molecule has 3 heterocycles. The molecular weight excluding hydrogens is 440 g/mol. The summed E-state index contributed by atoms with van der Waals surface area (Å²) in [6.07, 6.45) is 1.55. The van der Waals surface area contributed by atoms with Crippen LogP contribution in [0, 0.1) is 0 Å². The van der Waals surface area contributed by atoms with Gasteiger partial charge in [0.1, 0.15) is 12.6 Å². The lowest BCUT2D eigenvalue weighted by atomic mass is 10.0. The van der Waals surface area contributed by atoms with Crippen LogP contribution in [-0.4, -0.2) is 27.3 Å². The molecule has 3 aromatic rings. The van der Waals surface area contributed by atoms with Crippen LogP contribution in [0.25, 0.3) is 0 Å². The largest absolute Gasteiger partial charge is 0.458 e. The van der Waals surface area contributed by atoms with E-state index in [1.807, 2.05) is 48.7 Å². The van der Waals surface area contributed by atoms with Gasteiger partial charge in [-0.05, 0) is 30.0 Å². The molecule has 1 N–H and O–H groups in total. The highest BCUT2D eigenvalue weighted by molar-refractivity contribution is 7.98. The second-order valence-corrected chi connectivity index (χ2v) is 8.84. The summed E-state index contributed by atoms with van der Waals surface area (Å²) in [5, 5.41) is 11.2. The van der Waals surface area contributed by atoms with Crippen LogP contribution in [0.5, 0.6) is 0 Å². The molecule has 154 valence electrons. The van der Waals surface area contributed by atoms with Crippen LogP contribution in [-0.2, 0) is 15.3 Å². The van der Waals surface area contributed by atoms with E-state index in [1.54, 1.807) is 22.1 Å². The average Bonchev–Trinajstić information content (AvgIpc) is 3.40. The highest BCUT2D eigenvalue weighted by Crippen LogP contribution is 2.38. The molecule has 2 aromatic heterocycles. The van der Waals surface area contributed by atoms with Crippen LogP contribution in [0.2, 0.25) is 5.02 Å². The molecule has 1 aromatic carbocycles. The highest BCUT2D eigenvalue weighted by atomic mass is 35.5. The molecule has 0 amide bonds. The Morgan fingerprint density at radius 3 is 2.97 bits per heavy atom. The third-order valence-electron chi connectivity index (χ3n) is 4.51. The molecule has 0 saturated carbocycles. The van der Waals surface area contributed by atoms with Gasteiger partial charge in [-0.25, -0.2) is 9.48 Å². The van der Waals surface area contributed by atoms with Gasteiger partial charge in [0.2, 0.25) is 11.1 Å². The van der Waals surface area contributed by atoms with Crippen molar-refractivity contribution in [3.8, 4) is 0 Å². The lowest BCUT2D eigenvalue weighted by Crippen LogP contribution is -2.29. The molecule has 30 heavy (non-hydrogen) atoms. The summed E-state index contributed by atoms with van der Waals surface area (Å²) in [7, 11) is 0. The molecule has 6 nitrogen and oxygen atoms in total. The molecule has 1 unspecified atom stereocenters. The van der Waals surface area contributed by atoms with E-state index in [2.05, 4.69) is 22.0 Å². The van der Waals surface area contributed by atoms with E-state index in [4.69, 9.17) is 16.3 Å². The van der Waals surface area contributed by atoms with E-state index in [0.29, 0.717) is 33.2 Å². The molecule has 0 aliphatic carbocycles. The van der Waals surface area contributed by atoms with Crippen LogP contribution in [0.15, 0.2) is 70.9 Å². The van der Waals surface area contributed by atoms with Gasteiger partial charge in [-0.15, -0.1) is 16.4 Å². The number of anilines is 1. The normalized spacial score (nSPS) is 15.5. The number of fused-ring (bicyclic) bond motifs is 1. The Hall–Kier alpha value is -2.55. The van der Waals surface area contributed by atoms with Crippen molar-refractivity contribution in [2.24, 2.45) is 0 Å². The van der Waals surface area contributed by atoms with Gasteiger partial charge < -0.3 is 10.1 Å². The molecule has 1 aliphatic heterocycles. The number of nitrogens with one attached hydrogen (secondary N) is 1. The highest BCUT2D eigenvalue weighted by Gasteiger charge is 2.35. The second-order valence-electron chi connectivity index (χ2n) is 6.51. The number of aromatic nitrogens is 3. The minimum absolute atomic E-state index is 0.149. The van der Waals surface area contributed by atoms with Crippen LogP contribution >= 0.6 is 34.7 Å². The minimum atomic E-state index is -0.402. The average molecular weight is 459 g/mol. The van der Waals surface area contributed by atoms with Gasteiger partial charge in [-0.3, -0.25) is 0 Å². The zero-order valence-electron chi connectivity index (χ0n) is 16.2. The number of carbonyl (C=O) groups excluding carboxylic acids is 1. The Bertz CT molecular complexity index is 1110. The number of nitrogens with zero attached hydrogens (tertiary/aromatic N) is 3. The topological polar surface area (TPSA) is 69.0 Å². The van der Waals surface area contributed by atoms with Crippen molar-refractivity contribution < 1.29 is 9.53 Å². The first-order valence-corrected chi connectivity index (χ1v) is 11.4. The fourth-order valence-electron chi connectivity index (χ4n) is 3.14. The van der Waals surface area contributed by atoms with Crippen molar-refractivity contribution in [3.63, 3.8) is 0 Å². The van der Waals surface area contributed by atoms with Gasteiger partial charge in [-0.1, -0.05) is 60.3 Å². The lowest BCUT2D eigenvalue weighted by molar-refractivity contribution is -0.138. The monoisotopic (exact) mass is 458 g/mol. The molecule has 0 saturated heterocycles. The van der Waals surface area contributed by atoms with E-state index in [9.17, 15) is 4.79 Å². The molecule has 9 heteroatoms. The van der Waals surface area contributed by atoms with Gasteiger partial charge in [-0.2, -0.15) is 4.98 Å². The van der Waals surface area contributed by atoms with Crippen molar-refractivity contribution in [2.75, 3.05) is 11.9 Å². The first-order valence-electron chi connectivity index (χ1n) is 9.20. The van der Waals surface area contributed by atoms with E-state index in [0.717, 1.165) is 10.4 Å². The predicted octanol–water partition coefficient (Wildman–Crippen LogP) is 5.30. The van der Waals surface area contributed by atoms with Crippen LogP contribution in [0.4, 0.5) is 5.95 Å². The first-order chi connectivity index (χ1) is 14.6. The predicted molar refractivity (Wildman–Crippen MR) is 121 cm³/mol. The number of benzene rings is 1. The van der Waals surface area contributed by atoms with E-state index in [1.165, 1.54) is 11.8 Å². The molecular formula is C21H19ClN4O2S2. The quantitative estimate of drug-likeness (QED) is 0.294. The zero-order valence-corrected chi connectivity index (χ0v) is 18.6. The Balaban J connectivity index is 1.65. The maximum Gasteiger partial charge on any atom is 0.338 e. The number of hydrogen-bond donors (Lipinski definition) is 1. The van der Waals surface area contributed by atoms with E-state index < -0.39 is 12.0 Å². The summed E-state index contributed by atoms with van der Waals surface area (Å²) in [6, 6.07) is 11.2. The van der Waals surface area contributed by atoms with Crippen molar-refractivity contribution in [3.05, 3.63) is 81.2 Å². The van der Waals surface area contributed by atoms with Crippen LogP contribution in [0.3, 0.4) is 0 Å². The number of carbonyl (C=O) groups is 1. The Morgan fingerprint density at radius 2 is 2.23 bits per heavy atom. The smallest absolute Gasteiger partial charge is 0.338 e. The van der Waals surface area contributed by atoms with Gasteiger partial charge in [0.15, 0.2) is 0 Å². The maximum absolute atomic E-state index is 12.8. The van der Waals surface area contributed by atoms with Crippen molar-refractivity contribution in [2.45, 2.75) is 23.9 Å². The number of rotatable bonds is 7. The van der Waals surface area contributed by atoms with Crippen molar-refractivity contribution in [1.29, 1.82) is 0 Å². The number of thiophene rings is 1. The first kappa shape index (κ1) is 20.7. The summed E-state index contributed by atoms with van der Waals surface area (Å²) in [5.74, 6) is 0.838. The van der Waals surface area contributed by atoms with Gasteiger partial charge >= 0.3 is 5.97 Å². The number of hydrogen-bond acceptors (Lipinski definition) is 7. The third kappa shape index (κ3) is 4.16. The maximum atomic E-state index is 12.8. The standard InChI is InChI=1S/C21H19ClN4O2S2/c1-3-10-28-19(27)17-13(2)23-20-24-21(30-12-14-7-4-5-8-15(14)22)25-26(20)18(17)16-9-6-11-29-16/h3-9,11,18H,1,10,12H2,2H3,(H,23,24,25). The summed E-state index contributed by atoms with van der Waals surface area (Å²) in [6.45, 7) is 5.61. The SMILES string of the molecule is C=CCOC(=O)C1=C(C)Nc2nc(SCc3ccccc3Cl)nn2C1c1cccs1. The van der Waals surface area contributed by atoms with E-state index in [-0.39, 0.29) is 6.61 Å². The Kier molecular flexibility index (Phi) is 6.26. The summed E-state index contributed by atoms with van der Waals surface area (Å²) < 4.78 is 7.09. The molecule has 4 rings (SSSR count). The number of ether oxygens (including phenoxy) is 1. The zero-order chi connectivity index (χ0) is 21.1. The van der Waals surface area contributed by atoms with Crippen molar-refractivity contribution in [1.82, 2.24) is 14.8 Å². The molecule has 0 bridgehead atoms. The third-order valence-corrected chi connectivity index (χ3v) is 6.69. The second kappa shape index (κ2) is 9.07. The molecule has 0 radical (unpaired) electrons. The Morgan fingerprint density at radius 1 is 1.40 bits per heavy atom. The van der Waals surface area contributed by atoms with Gasteiger partial charge in [0.25, 0.3) is 0 Å². The van der Waals surface area contributed by atoms with Crippen LogP contribution < -0.4 is 5.32 Å². The molecule has 1 aliphatic rings. The minimum Gasteiger partial charge on any atom is -0.458 e. The van der Waals surface area contributed by atoms with Gasteiger partial charge in [0.05, 0.1) is 5.57 Å². The molecule has 0 spiro atoms. The molecule has 0 fully saturated rings. The van der Waals surface area contributed by atoms with Crippen LogP contribution in [0.1, 0.15) is 23.4 Å². The fraction of sp³-hybridized carbons (Fsp3) is 0.190. The number of thioether (sulfide) groups is 1. The summed E-state index contributed by atoms with van der Waals surface area (Å²) in [5.41, 5.74) is 2.23.